The number of halogens is 4. The summed E-state index contributed by atoms with van der Waals surface area (Å²) in [6, 6.07) is 2.10. The van der Waals surface area contributed by atoms with Crippen LogP contribution in [0.4, 0.5) is 18.9 Å². The third kappa shape index (κ3) is 2.78. The molecule has 0 aromatic heterocycles. The van der Waals surface area contributed by atoms with Gasteiger partial charge in [-0.2, -0.15) is 0 Å². The van der Waals surface area contributed by atoms with Crippen LogP contribution < -0.4 is 10.5 Å². The fraction of sp³-hybridized carbons (Fsp3) is 0.125. The molecule has 4 nitrogen and oxygen atoms in total. The molecule has 0 atom stereocenters. The van der Waals surface area contributed by atoms with E-state index in [0.29, 0.717) is 0 Å². The largest absolute Gasteiger partial charge is 0.573 e. The first-order chi connectivity index (χ1) is 7.22. The van der Waals surface area contributed by atoms with Gasteiger partial charge in [0.25, 0.3) is 0 Å². The predicted molar refractivity (Wildman–Crippen MR) is 52.2 cm³/mol. The molecule has 0 amide bonds. The van der Waals surface area contributed by atoms with E-state index in [2.05, 4.69) is 20.7 Å². The number of aromatic carboxylic acids is 1. The van der Waals surface area contributed by atoms with Crippen LogP contribution in [-0.2, 0) is 0 Å². The molecule has 0 spiro atoms. The Balaban J connectivity index is 3.27. The Bertz CT molecular complexity index is 433. The van der Waals surface area contributed by atoms with Crippen LogP contribution in [0.1, 0.15) is 10.4 Å². The molecule has 0 radical (unpaired) electrons. The number of carboxylic acid groups (broad SMARTS) is 1. The number of benzene rings is 1. The number of alkyl halides is 3. The van der Waals surface area contributed by atoms with Gasteiger partial charge in [0.2, 0.25) is 0 Å². The summed E-state index contributed by atoms with van der Waals surface area (Å²) in [6.45, 7) is 0. The number of hydrogen-bond acceptors (Lipinski definition) is 3. The van der Waals surface area contributed by atoms with Crippen LogP contribution in [0.15, 0.2) is 16.6 Å². The zero-order chi connectivity index (χ0) is 12.5. The lowest BCUT2D eigenvalue weighted by molar-refractivity contribution is -0.274. The third-order valence-corrected chi connectivity index (χ3v) is 2.36. The van der Waals surface area contributed by atoms with Crippen LogP contribution in [0.5, 0.6) is 5.75 Å². The van der Waals surface area contributed by atoms with Crippen molar-refractivity contribution in [3.8, 4) is 5.75 Å². The molecule has 0 bridgehead atoms. The molecule has 0 heterocycles. The zero-order valence-electron chi connectivity index (χ0n) is 7.51. The molecule has 3 N–H and O–H groups in total. The molecule has 1 aromatic carbocycles. The van der Waals surface area contributed by atoms with Gasteiger partial charge < -0.3 is 15.6 Å². The minimum Gasteiger partial charge on any atom is -0.478 e. The lowest BCUT2D eigenvalue weighted by Gasteiger charge is -2.13. The van der Waals surface area contributed by atoms with Gasteiger partial charge in [0.05, 0.1) is 15.7 Å². The first kappa shape index (κ1) is 12.6. The topological polar surface area (TPSA) is 72.6 Å². The molecule has 1 rings (SSSR count). The molecule has 0 fully saturated rings. The van der Waals surface area contributed by atoms with Crippen LogP contribution >= 0.6 is 15.9 Å². The van der Waals surface area contributed by atoms with Crippen LogP contribution in [0.25, 0.3) is 0 Å². The Morgan fingerprint density at radius 3 is 2.44 bits per heavy atom. The Hall–Kier alpha value is -1.44. The molecule has 0 saturated carbocycles. The maximum absolute atomic E-state index is 12.0. The Labute approximate surface area is 95.9 Å². The van der Waals surface area contributed by atoms with E-state index in [1.54, 1.807) is 0 Å². The van der Waals surface area contributed by atoms with E-state index in [0.717, 1.165) is 12.1 Å². The van der Waals surface area contributed by atoms with Crippen molar-refractivity contribution >= 4 is 27.6 Å². The molecule has 0 aliphatic rings. The summed E-state index contributed by atoms with van der Waals surface area (Å²) in [5.41, 5.74) is 4.57. The molecule has 8 heteroatoms. The van der Waals surface area contributed by atoms with Crippen LogP contribution in [0.3, 0.4) is 0 Å². The van der Waals surface area contributed by atoms with Gasteiger partial charge in [0, 0.05) is 0 Å². The maximum atomic E-state index is 12.0. The lowest BCUT2D eigenvalue weighted by atomic mass is 10.2. The van der Waals surface area contributed by atoms with E-state index in [-0.39, 0.29) is 15.7 Å². The van der Waals surface area contributed by atoms with Gasteiger partial charge in [0.1, 0.15) is 0 Å². The van der Waals surface area contributed by atoms with Crippen molar-refractivity contribution in [3.05, 3.63) is 22.2 Å². The minimum absolute atomic E-state index is 0.311. The number of ether oxygens (including phenoxy) is 1. The van der Waals surface area contributed by atoms with Crippen molar-refractivity contribution in [3.63, 3.8) is 0 Å². The number of nitrogen functional groups attached to an aromatic ring is 1. The van der Waals surface area contributed by atoms with Gasteiger partial charge in [-0.1, -0.05) is 0 Å². The van der Waals surface area contributed by atoms with Gasteiger partial charge in [-0.3, -0.25) is 0 Å². The second-order valence-electron chi connectivity index (χ2n) is 2.70. The second kappa shape index (κ2) is 4.20. The first-order valence-electron chi connectivity index (χ1n) is 3.79. The normalized spacial score (nSPS) is 11.2. The highest BCUT2D eigenvalue weighted by Crippen LogP contribution is 2.37. The highest BCUT2D eigenvalue weighted by molar-refractivity contribution is 9.10. The van der Waals surface area contributed by atoms with Gasteiger partial charge in [0.15, 0.2) is 5.75 Å². The van der Waals surface area contributed by atoms with E-state index in [1.165, 1.54) is 0 Å². The maximum Gasteiger partial charge on any atom is 0.573 e. The molecule has 0 saturated heterocycles. The molecular weight excluding hydrogens is 295 g/mol. The van der Waals surface area contributed by atoms with E-state index >= 15 is 0 Å². The van der Waals surface area contributed by atoms with Crippen molar-refractivity contribution in [1.82, 2.24) is 0 Å². The lowest BCUT2D eigenvalue weighted by Crippen LogP contribution is -2.19. The average Bonchev–Trinajstić information content (AvgIpc) is 2.10. The second-order valence-corrected chi connectivity index (χ2v) is 3.49. The Morgan fingerprint density at radius 2 is 2.00 bits per heavy atom. The minimum atomic E-state index is -4.94. The van der Waals surface area contributed by atoms with E-state index in [1.807, 2.05) is 0 Å². The number of anilines is 1. The molecule has 88 valence electrons. The number of carbonyl (C=O) groups is 1. The third-order valence-electron chi connectivity index (χ3n) is 1.58. The molecular formula is C8H5BrF3NO3. The van der Waals surface area contributed by atoms with Crippen molar-refractivity contribution in [2.24, 2.45) is 0 Å². The monoisotopic (exact) mass is 299 g/mol. The molecule has 16 heavy (non-hydrogen) atoms. The first-order valence-corrected chi connectivity index (χ1v) is 4.58. The van der Waals surface area contributed by atoms with Gasteiger partial charge in [-0.15, -0.1) is 13.2 Å². The summed E-state index contributed by atoms with van der Waals surface area (Å²) in [7, 11) is 0. The standard InChI is InChI=1S/C8H5BrF3NO3/c9-5-3(7(14)15)1-2-4(13)6(5)16-8(10,11)12/h1-2H,13H2,(H,14,15). The van der Waals surface area contributed by atoms with Gasteiger partial charge in [-0.05, 0) is 28.1 Å². The fourth-order valence-corrected chi connectivity index (χ4v) is 1.57. The number of rotatable bonds is 2. The molecule has 1 aromatic rings. The predicted octanol–water partition coefficient (Wildman–Crippen LogP) is 2.63. The van der Waals surface area contributed by atoms with Gasteiger partial charge >= 0.3 is 12.3 Å². The van der Waals surface area contributed by atoms with Crippen molar-refractivity contribution < 1.29 is 27.8 Å². The Morgan fingerprint density at radius 1 is 1.44 bits per heavy atom. The van der Waals surface area contributed by atoms with Crippen molar-refractivity contribution in [1.29, 1.82) is 0 Å². The van der Waals surface area contributed by atoms with Crippen LogP contribution in [-0.4, -0.2) is 17.4 Å². The van der Waals surface area contributed by atoms with E-state index in [9.17, 15) is 18.0 Å². The van der Waals surface area contributed by atoms with Crippen molar-refractivity contribution in [2.45, 2.75) is 6.36 Å². The van der Waals surface area contributed by atoms with Crippen LogP contribution in [0, 0.1) is 0 Å². The smallest absolute Gasteiger partial charge is 0.478 e. The number of hydrogen-bond donors (Lipinski definition) is 2. The quantitative estimate of drug-likeness (QED) is 0.824. The zero-order valence-corrected chi connectivity index (χ0v) is 9.09. The number of nitrogens with two attached hydrogens (primary N) is 1. The highest BCUT2D eigenvalue weighted by atomic mass is 79.9. The summed E-state index contributed by atoms with van der Waals surface area (Å²) in [4.78, 5) is 10.6. The fourth-order valence-electron chi connectivity index (χ4n) is 0.956. The van der Waals surface area contributed by atoms with E-state index in [4.69, 9.17) is 10.8 Å². The van der Waals surface area contributed by atoms with Gasteiger partial charge in [-0.25, -0.2) is 4.79 Å². The summed E-state index contributed by atoms with van der Waals surface area (Å²) in [5.74, 6) is -2.15. The molecule has 0 unspecified atom stereocenters. The SMILES string of the molecule is Nc1ccc(C(=O)O)c(Br)c1OC(F)(F)F. The summed E-state index contributed by atoms with van der Waals surface area (Å²) in [6.07, 6.45) is -4.94. The summed E-state index contributed by atoms with van der Waals surface area (Å²) in [5, 5.41) is 8.67. The Kier molecular flexibility index (Phi) is 3.32. The summed E-state index contributed by atoms with van der Waals surface area (Å²) < 4.78 is 39.2. The molecule has 0 aliphatic carbocycles. The number of carboxylic acids is 1. The molecule has 0 aliphatic heterocycles. The highest BCUT2D eigenvalue weighted by Gasteiger charge is 2.33. The van der Waals surface area contributed by atoms with Crippen molar-refractivity contribution in [2.75, 3.05) is 5.73 Å². The average molecular weight is 300 g/mol. The summed E-state index contributed by atoms with van der Waals surface area (Å²) >= 11 is 2.70. The van der Waals surface area contributed by atoms with Crippen LogP contribution in [0.2, 0.25) is 0 Å². The van der Waals surface area contributed by atoms with E-state index < -0.39 is 18.1 Å².